The molecule has 1 unspecified atom stereocenters. The lowest BCUT2D eigenvalue weighted by Gasteiger charge is -2.17. The molecule has 2 N–H and O–H groups in total. The Morgan fingerprint density at radius 2 is 2.17 bits per heavy atom. The fourth-order valence-electron chi connectivity index (χ4n) is 1.56. The molecule has 98 valence electrons. The number of halogens is 1. The second kappa shape index (κ2) is 5.04. The molecule has 1 fully saturated rings. The molecule has 5 nitrogen and oxygen atoms in total. The van der Waals surface area contributed by atoms with E-state index >= 15 is 0 Å². The highest BCUT2D eigenvalue weighted by Crippen LogP contribution is 2.41. The van der Waals surface area contributed by atoms with Crippen LogP contribution in [-0.4, -0.2) is 29.4 Å². The fraction of sp³-hybridized carbons (Fsp3) is 0.417. The summed E-state index contributed by atoms with van der Waals surface area (Å²) in [6.45, 7) is 0. The van der Waals surface area contributed by atoms with Crippen LogP contribution in [0.1, 0.15) is 24.5 Å². The van der Waals surface area contributed by atoms with Gasteiger partial charge in [-0.25, -0.2) is 4.79 Å². The Balaban J connectivity index is 2.45. The van der Waals surface area contributed by atoms with Crippen molar-refractivity contribution in [3.05, 3.63) is 22.7 Å². The first-order chi connectivity index (χ1) is 8.52. The molecule has 2 rings (SSSR count). The summed E-state index contributed by atoms with van der Waals surface area (Å²) in [6.07, 6.45) is 0.189. The number of rotatable bonds is 5. The van der Waals surface area contributed by atoms with Crippen molar-refractivity contribution in [1.29, 1.82) is 0 Å². The molecule has 1 saturated carbocycles. The van der Waals surface area contributed by atoms with Gasteiger partial charge in [0.05, 0.1) is 13.2 Å². The minimum atomic E-state index is -1.69. The van der Waals surface area contributed by atoms with E-state index in [1.807, 2.05) is 0 Å². The third kappa shape index (κ3) is 2.68. The van der Waals surface area contributed by atoms with Gasteiger partial charge in [-0.1, -0.05) is 11.6 Å². The number of ether oxygens (including phenoxy) is 2. The molecule has 1 aromatic rings. The standard InChI is InChI=1S/C12H13ClO5/c1-17-9-5-6(13)4-8(10(14)12(15)16)11(9)18-7-2-3-7/h4-5,7,10,14H,2-3H2,1H3,(H,15,16). The molecule has 6 heteroatoms. The molecule has 0 spiro atoms. The van der Waals surface area contributed by atoms with Crippen molar-refractivity contribution in [2.75, 3.05) is 7.11 Å². The number of aliphatic hydroxyl groups excluding tert-OH is 1. The summed E-state index contributed by atoms with van der Waals surface area (Å²) in [5, 5.41) is 18.8. The number of methoxy groups -OCH3 is 1. The summed E-state index contributed by atoms with van der Waals surface area (Å²) in [5.74, 6) is -0.788. The lowest BCUT2D eigenvalue weighted by atomic mass is 10.1. The molecule has 0 heterocycles. The van der Waals surface area contributed by atoms with Gasteiger partial charge in [-0.05, 0) is 18.9 Å². The van der Waals surface area contributed by atoms with E-state index in [2.05, 4.69) is 0 Å². The predicted molar refractivity (Wildman–Crippen MR) is 64.2 cm³/mol. The van der Waals surface area contributed by atoms with Crippen molar-refractivity contribution in [3.8, 4) is 11.5 Å². The van der Waals surface area contributed by atoms with Crippen LogP contribution in [0.15, 0.2) is 12.1 Å². The van der Waals surface area contributed by atoms with Gasteiger partial charge in [0, 0.05) is 16.7 Å². The summed E-state index contributed by atoms with van der Waals surface area (Å²) in [4.78, 5) is 10.9. The van der Waals surface area contributed by atoms with E-state index in [9.17, 15) is 9.90 Å². The van der Waals surface area contributed by atoms with Gasteiger partial charge in [-0.3, -0.25) is 0 Å². The number of carboxylic acids is 1. The van der Waals surface area contributed by atoms with E-state index in [1.165, 1.54) is 19.2 Å². The first-order valence-electron chi connectivity index (χ1n) is 5.48. The summed E-state index contributed by atoms with van der Waals surface area (Å²) < 4.78 is 10.7. The molecular weight excluding hydrogens is 260 g/mol. The van der Waals surface area contributed by atoms with Crippen molar-refractivity contribution in [3.63, 3.8) is 0 Å². The predicted octanol–water partition coefficient (Wildman–Crippen LogP) is 2.01. The highest BCUT2D eigenvalue weighted by Gasteiger charge is 2.30. The van der Waals surface area contributed by atoms with Crippen LogP contribution in [0.3, 0.4) is 0 Å². The topological polar surface area (TPSA) is 76.0 Å². The molecule has 0 bridgehead atoms. The molecule has 0 radical (unpaired) electrons. The van der Waals surface area contributed by atoms with Gasteiger partial charge in [0.15, 0.2) is 17.6 Å². The first kappa shape index (κ1) is 13.0. The van der Waals surface area contributed by atoms with Crippen LogP contribution < -0.4 is 9.47 Å². The van der Waals surface area contributed by atoms with Crippen LogP contribution in [0, 0.1) is 0 Å². The number of aliphatic carboxylic acids is 1. The summed E-state index contributed by atoms with van der Waals surface area (Å²) in [5.41, 5.74) is 0.110. The molecule has 1 atom stereocenters. The number of benzene rings is 1. The summed E-state index contributed by atoms with van der Waals surface area (Å²) >= 11 is 5.86. The van der Waals surface area contributed by atoms with E-state index in [4.69, 9.17) is 26.2 Å². The molecule has 1 aliphatic carbocycles. The Morgan fingerprint density at radius 1 is 1.50 bits per heavy atom. The first-order valence-corrected chi connectivity index (χ1v) is 5.85. The largest absolute Gasteiger partial charge is 0.493 e. The van der Waals surface area contributed by atoms with Crippen molar-refractivity contribution in [1.82, 2.24) is 0 Å². The number of hydrogen-bond donors (Lipinski definition) is 2. The van der Waals surface area contributed by atoms with Gasteiger partial charge in [-0.15, -0.1) is 0 Å². The van der Waals surface area contributed by atoms with E-state index < -0.39 is 12.1 Å². The van der Waals surface area contributed by atoms with Gasteiger partial charge in [0.1, 0.15) is 0 Å². The highest BCUT2D eigenvalue weighted by molar-refractivity contribution is 6.30. The second-order valence-electron chi connectivity index (χ2n) is 4.08. The van der Waals surface area contributed by atoms with E-state index in [0.717, 1.165) is 12.8 Å². The monoisotopic (exact) mass is 272 g/mol. The molecule has 18 heavy (non-hydrogen) atoms. The van der Waals surface area contributed by atoms with Crippen molar-refractivity contribution in [2.24, 2.45) is 0 Å². The maximum Gasteiger partial charge on any atom is 0.337 e. The average molecular weight is 273 g/mol. The quantitative estimate of drug-likeness (QED) is 0.857. The highest BCUT2D eigenvalue weighted by atomic mass is 35.5. The molecule has 0 saturated heterocycles. The zero-order valence-corrected chi connectivity index (χ0v) is 10.5. The van der Waals surface area contributed by atoms with Crippen molar-refractivity contribution in [2.45, 2.75) is 25.0 Å². The van der Waals surface area contributed by atoms with Gasteiger partial charge < -0.3 is 19.7 Å². The van der Waals surface area contributed by atoms with Crippen LogP contribution >= 0.6 is 11.6 Å². The minimum Gasteiger partial charge on any atom is -0.493 e. The second-order valence-corrected chi connectivity index (χ2v) is 4.52. The van der Waals surface area contributed by atoms with Gasteiger partial charge in [0.2, 0.25) is 0 Å². The van der Waals surface area contributed by atoms with E-state index in [-0.39, 0.29) is 22.4 Å². The lowest BCUT2D eigenvalue weighted by molar-refractivity contribution is -0.147. The van der Waals surface area contributed by atoms with Crippen LogP contribution in [0.2, 0.25) is 5.02 Å². The van der Waals surface area contributed by atoms with Crippen LogP contribution in [0.5, 0.6) is 11.5 Å². The third-order valence-corrected chi connectivity index (χ3v) is 2.82. The maximum absolute atomic E-state index is 10.9. The number of carboxylic acid groups (broad SMARTS) is 1. The molecule has 0 aromatic heterocycles. The molecular formula is C12H13ClO5. The lowest BCUT2D eigenvalue weighted by Crippen LogP contribution is -2.13. The van der Waals surface area contributed by atoms with Gasteiger partial charge in [0.25, 0.3) is 0 Å². The van der Waals surface area contributed by atoms with Crippen molar-refractivity contribution >= 4 is 17.6 Å². The Hall–Kier alpha value is -1.46. The summed E-state index contributed by atoms with van der Waals surface area (Å²) in [7, 11) is 1.43. The van der Waals surface area contributed by atoms with Crippen LogP contribution in [-0.2, 0) is 4.79 Å². The van der Waals surface area contributed by atoms with E-state index in [1.54, 1.807) is 0 Å². The number of aliphatic hydroxyl groups is 1. The van der Waals surface area contributed by atoms with Gasteiger partial charge >= 0.3 is 5.97 Å². The fourth-order valence-corrected chi connectivity index (χ4v) is 1.77. The zero-order chi connectivity index (χ0) is 13.3. The number of carbonyl (C=O) groups is 1. The third-order valence-electron chi connectivity index (χ3n) is 2.61. The minimum absolute atomic E-state index is 0.0554. The Kier molecular flexibility index (Phi) is 3.63. The van der Waals surface area contributed by atoms with Gasteiger partial charge in [-0.2, -0.15) is 0 Å². The van der Waals surface area contributed by atoms with E-state index in [0.29, 0.717) is 5.75 Å². The molecule has 0 aliphatic heterocycles. The summed E-state index contributed by atoms with van der Waals surface area (Å²) in [6, 6.07) is 2.90. The smallest absolute Gasteiger partial charge is 0.337 e. The van der Waals surface area contributed by atoms with Crippen LogP contribution in [0.4, 0.5) is 0 Å². The Labute approximate surface area is 109 Å². The SMILES string of the molecule is COc1cc(Cl)cc(C(O)C(=O)O)c1OC1CC1. The maximum atomic E-state index is 10.9. The Morgan fingerprint density at radius 3 is 2.67 bits per heavy atom. The number of hydrogen-bond acceptors (Lipinski definition) is 4. The Bertz CT molecular complexity index is 470. The zero-order valence-electron chi connectivity index (χ0n) is 9.72. The average Bonchev–Trinajstić information content (AvgIpc) is 3.13. The normalized spacial score (nSPS) is 16.2. The molecule has 1 aromatic carbocycles. The van der Waals surface area contributed by atoms with Crippen molar-refractivity contribution < 1.29 is 24.5 Å². The molecule has 0 amide bonds. The van der Waals surface area contributed by atoms with Crippen LogP contribution in [0.25, 0.3) is 0 Å². The molecule has 1 aliphatic rings.